The highest BCUT2D eigenvalue weighted by Gasteiger charge is 2.16. The van der Waals surface area contributed by atoms with Crippen molar-refractivity contribution in [3.8, 4) is 0 Å². The molecule has 3 nitrogen and oxygen atoms in total. The van der Waals surface area contributed by atoms with E-state index in [1.807, 2.05) is 31.2 Å². The summed E-state index contributed by atoms with van der Waals surface area (Å²) in [6, 6.07) is 11.9. The van der Waals surface area contributed by atoms with Gasteiger partial charge in [-0.05, 0) is 49.2 Å². The zero-order valence-electron chi connectivity index (χ0n) is 12.3. The Kier molecular flexibility index (Phi) is 4.58. The van der Waals surface area contributed by atoms with Crippen molar-refractivity contribution in [2.45, 2.75) is 20.4 Å². The van der Waals surface area contributed by atoms with Crippen LogP contribution >= 0.6 is 0 Å². The number of nitrogen functional groups attached to an aromatic ring is 1. The van der Waals surface area contributed by atoms with Crippen LogP contribution in [0.15, 0.2) is 42.5 Å². The van der Waals surface area contributed by atoms with Gasteiger partial charge in [0.15, 0.2) is 0 Å². The van der Waals surface area contributed by atoms with E-state index in [2.05, 4.69) is 0 Å². The topological polar surface area (TPSA) is 46.3 Å². The lowest BCUT2D eigenvalue weighted by Crippen LogP contribution is -2.30. The molecule has 0 radical (unpaired) electrons. The Balaban J connectivity index is 2.22. The van der Waals surface area contributed by atoms with Gasteiger partial charge >= 0.3 is 0 Å². The zero-order chi connectivity index (χ0) is 15.4. The number of anilines is 1. The van der Waals surface area contributed by atoms with Crippen molar-refractivity contribution in [3.63, 3.8) is 0 Å². The van der Waals surface area contributed by atoms with Gasteiger partial charge in [0.25, 0.3) is 5.91 Å². The molecule has 0 saturated carbocycles. The van der Waals surface area contributed by atoms with Crippen molar-refractivity contribution < 1.29 is 9.18 Å². The predicted octanol–water partition coefficient (Wildman–Crippen LogP) is 3.38. The van der Waals surface area contributed by atoms with E-state index in [4.69, 9.17) is 5.73 Å². The minimum atomic E-state index is -0.304. The molecular formula is C17H19FN2O. The number of nitrogens with two attached hydrogens (primary N) is 1. The first-order valence-electron chi connectivity index (χ1n) is 6.91. The summed E-state index contributed by atoms with van der Waals surface area (Å²) in [7, 11) is 0. The Bertz CT molecular complexity index is 655. The van der Waals surface area contributed by atoms with Crippen molar-refractivity contribution in [1.82, 2.24) is 4.90 Å². The van der Waals surface area contributed by atoms with Gasteiger partial charge in [-0.15, -0.1) is 0 Å². The summed E-state index contributed by atoms with van der Waals surface area (Å²) < 4.78 is 13.3. The molecule has 0 unspecified atom stereocenters. The van der Waals surface area contributed by atoms with E-state index in [-0.39, 0.29) is 11.7 Å². The van der Waals surface area contributed by atoms with Gasteiger partial charge in [-0.2, -0.15) is 0 Å². The minimum Gasteiger partial charge on any atom is -0.398 e. The van der Waals surface area contributed by atoms with Crippen molar-refractivity contribution in [2.75, 3.05) is 12.3 Å². The lowest BCUT2D eigenvalue weighted by molar-refractivity contribution is 0.0753. The highest BCUT2D eigenvalue weighted by atomic mass is 19.1. The fraction of sp³-hybridized carbons (Fsp3) is 0.235. The van der Waals surface area contributed by atoms with E-state index >= 15 is 0 Å². The van der Waals surface area contributed by atoms with Crippen LogP contribution in [0.2, 0.25) is 0 Å². The fourth-order valence-electron chi connectivity index (χ4n) is 2.17. The second kappa shape index (κ2) is 6.39. The number of carbonyl (C=O) groups is 1. The van der Waals surface area contributed by atoms with E-state index in [1.165, 1.54) is 12.1 Å². The monoisotopic (exact) mass is 286 g/mol. The largest absolute Gasteiger partial charge is 0.398 e. The minimum absolute atomic E-state index is 0.121. The predicted molar refractivity (Wildman–Crippen MR) is 82.4 cm³/mol. The number of amides is 1. The fourth-order valence-corrected chi connectivity index (χ4v) is 2.17. The summed E-state index contributed by atoms with van der Waals surface area (Å²) in [5, 5.41) is 0. The Morgan fingerprint density at radius 1 is 1.24 bits per heavy atom. The molecule has 0 heterocycles. The third kappa shape index (κ3) is 3.40. The number of aryl methyl sites for hydroxylation is 1. The van der Waals surface area contributed by atoms with Crippen LogP contribution in [0.4, 0.5) is 10.1 Å². The number of para-hydroxylation sites is 1. The summed E-state index contributed by atoms with van der Waals surface area (Å²) in [6.45, 7) is 4.56. The molecule has 21 heavy (non-hydrogen) atoms. The average Bonchev–Trinajstić information content (AvgIpc) is 2.48. The molecule has 0 atom stereocenters. The van der Waals surface area contributed by atoms with Gasteiger partial charge in [-0.3, -0.25) is 4.79 Å². The molecule has 0 bridgehead atoms. The molecule has 0 aliphatic carbocycles. The smallest absolute Gasteiger partial charge is 0.254 e. The quantitative estimate of drug-likeness (QED) is 0.876. The molecule has 0 aromatic heterocycles. The van der Waals surface area contributed by atoms with Crippen LogP contribution in [0, 0.1) is 12.7 Å². The number of carbonyl (C=O) groups excluding carboxylic acids is 1. The highest BCUT2D eigenvalue weighted by Crippen LogP contribution is 2.17. The number of benzene rings is 2. The summed E-state index contributed by atoms with van der Waals surface area (Å²) in [4.78, 5) is 14.2. The molecular weight excluding hydrogens is 267 g/mol. The van der Waals surface area contributed by atoms with E-state index in [9.17, 15) is 9.18 Å². The average molecular weight is 286 g/mol. The third-order valence-electron chi connectivity index (χ3n) is 3.49. The standard InChI is InChI=1S/C17H19FN2O/c1-3-20(11-14-6-4-5-7-16(14)19)17(21)13-8-9-15(18)12(2)10-13/h4-10H,3,11,19H2,1-2H3. The molecule has 1 amide bonds. The summed E-state index contributed by atoms with van der Waals surface area (Å²) in [5.41, 5.74) is 8.45. The number of hydrogen-bond donors (Lipinski definition) is 1. The van der Waals surface area contributed by atoms with E-state index in [0.717, 1.165) is 5.56 Å². The van der Waals surface area contributed by atoms with Crippen LogP contribution in [-0.4, -0.2) is 17.4 Å². The maximum absolute atomic E-state index is 13.3. The SMILES string of the molecule is CCN(Cc1ccccc1N)C(=O)c1ccc(F)c(C)c1. The van der Waals surface area contributed by atoms with Crippen LogP contribution in [0.1, 0.15) is 28.4 Å². The second-order valence-corrected chi connectivity index (χ2v) is 4.98. The Labute approximate surface area is 124 Å². The molecule has 0 spiro atoms. The zero-order valence-corrected chi connectivity index (χ0v) is 12.3. The van der Waals surface area contributed by atoms with Gasteiger partial charge in [0.2, 0.25) is 0 Å². The molecule has 110 valence electrons. The Hall–Kier alpha value is -2.36. The highest BCUT2D eigenvalue weighted by molar-refractivity contribution is 5.94. The Morgan fingerprint density at radius 2 is 1.95 bits per heavy atom. The molecule has 2 aromatic rings. The van der Waals surface area contributed by atoms with E-state index in [0.29, 0.717) is 29.9 Å². The lowest BCUT2D eigenvalue weighted by atomic mass is 10.1. The molecule has 4 heteroatoms. The van der Waals surface area contributed by atoms with Crippen LogP contribution in [0.3, 0.4) is 0 Å². The third-order valence-corrected chi connectivity index (χ3v) is 3.49. The first-order valence-corrected chi connectivity index (χ1v) is 6.91. The van der Waals surface area contributed by atoms with Gasteiger partial charge < -0.3 is 10.6 Å². The number of halogens is 1. The van der Waals surface area contributed by atoms with Crippen LogP contribution in [0.5, 0.6) is 0 Å². The van der Waals surface area contributed by atoms with Crippen molar-refractivity contribution in [2.24, 2.45) is 0 Å². The van der Waals surface area contributed by atoms with Gasteiger partial charge in [0.05, 0.1) is 0 Å². The summed E-state index contributed by atoms with van der Waals surface area (Å²) in [6.07, 6.45) is 0. The van der Waals surface area contributed by atoms with Crippen LogP contribution in [0.25, 0.3) is 0 Å². The second-order valence-electron chi connectivity index (χ2n) is 4.98. The van der Waals surface area contributed by atoms with Crippen molar-refractivity contribution in [1.29, 1.82) is 0 Å². The molecule has 0 aliphatic rings. The first kappa shape index (κ1) is 15.0. The summed E-state index contributed by atoms with van der Waals surface area (Å²) >= 11 is 0. The van der Waals surface area contributed by atoms with Crippen LogP contribution in [-0.2, 0) is 6.54 Å². The van der Waals surface area contributed by atoms with Gasteiger partial charge in [-0.1, -0.05) is 18.2 Å². The van der Waals surface area contributed by atoms with Gasteiger partial charge in [-0.25, -0.2) is 4.39 Å². The molecule has 0 fully saturated rings. The molecule has 2 aromatic carbocycles. The van der Waals surface area contributed by atoms with Gasteiger partial charge in [0, 0.05) is 24.3 Å². The first-order chi connectivity index (χ1) is 10.0. The molecule has 0 aliphatic heterocycles. The van der Waals surface area contributed by atoms with Crippen molar-refractivity contribution in [3.05, 3.63) is 65.0 Å². The van der Waals surface area contributed by atoms with Gasteiger partial charge in [0.1, 0.15) is 5.82 Å². The number of rotatable bonds is 4. The maximum Gasteiger partial charge on any atom is 0.254 e. The normalized spacial score (nSPS) is 10.4. The molecule has 2 N–H and O–H groups in total. The summed E-state index contributed by atoms with van der Waals surface area (Å²) in [5.74, 6) is -0.425. The number of nitrogens with zero attached hydrogens (tertiary/aromatic N) is 1. The number of hydrogen-bond acceptors (Lipinski definition) is 2. The maximum atomic E-state index is 13.3. The molecule has 0 saturated heterocycles. The molecule has 2 rings (SSSR count). The van der Waals surface area contributed by atoms with Crippen LogP contribution < -0.4 is 5.73 Å². The van der Waals surface area contributed by atoms with E-state index in [1.54, 1.807) is 17.9 Å². The Morgan fingerprint density at radius 3 is 2.57 bits per heavy atom. The van der Waals surface area contributed by atoms with E-state index < -0.39 is 0 Å². The van der Waals surface area contributed by atoms with Crippen molar-refractivity contribution >= 4 is 11.6 Å². The lowest BCUT2D eigenvalue weighted by Gasteiger charge is -2.22.